The highest BCUT2D eigenvalue weighted by molar-refractivity contribution is 14.0. The Labute approximate surface area is 185 Å². The molecule has 1 unspecified atom stereocenters. The molecule has 28 heavy (non-hydrogen) atoms. The summed E-state index contributed by atoms with van der Waals surface area (Å²) in [6.07, 6.45) is 0.0183. The van der Waals surface area contributed by atoms with Crippen LogP contribution in [0, 0.1) is 0 Å². The van der Waals surface area contributed by atoms with E-state index in [0.29, 0.717) is 31.4 Å². The number of benzene rings is 1. The molecule has 0 aliphatic rings. The van der Waals surface area contributed by atoms with E-state index in [4.69, 9.17) is 4.52 Å². The van der Waals surface area contributed by atoms with Crippen molar-refractivity contribution < 1.29 is 9.63 Å². The van der Waals surface area contributed by atoms with E-state index < -0.39 is 6.10 Å². The minimum absolute atomic E-state index is 0. The van der Waals surface area contributed by atoms with Crippen molar-refractivity contribution in [3.05, 3.63) is 46.9 Å². The number of halogens is 1. The molecule has 0 radical (unpaired) electrons. The molecule has 0 saturated heterocycles. The summed E-state index contributed by atoms with van der Waals surface area (Å²) in [6.45, 7) is 5.05. The maximum Gasteiger partial charge on any atom is 0.228 e. The van der Waals surface area contributed by atoms with Crippen LogP contribution in [0.4, 0.5) is 0 Å². The summed E-state index contributed by atoms with van der Waals surface area (Å²) in [5.41, 5.74) is 0. The molecule has 3 N–H and O–H groups in total. The van der Waals surface area contributed by atoms with Crippen LogP contribution in [0.3, 0.4) is 0 Å². The van der Waals surface area contributed by atoms with E-state index in [1.807, 2.05) is 32.0 Å². The van der Waals surface area contributed by atoms with E-state index in [9.17, 15) is 5.11 Å². The molecule has 1 atom stereocenters. The first-order valence-electron chi connectivity index (χ1n) is 9.00. The molecule has 0 fully saturated rings. The predicted molar refractivity (Wildman–Crippen MR) is 124 cm³/mol. The summed E-state index contributed by atoms with van der Waals surface area (Å²) in [6, 6.07) is 10.2. The summed E-state index contributed by atoms with van der Waals surface area (Å²) < 4.78 is 6.40. The lowest BCUT2D eigenvalue weighted by atomic mass is 10.2. The Balaban J connectivity index is 0.00000280. The number of fused-ring (bicyclic) bond motifs is 1. The average Bonchev–Trinajstić information content (AvgIpc) is 3.31. The number of aromatic nitrogens is 2. The van der Waals surface area contributed by atoms with Gasteiger partial charge < -0.3 is 20.3 Å². The number of rotatable bonds is 7. The second-order valence-electron chi connectivity index (χ2n) is 6.53. The Morgan fingerprint density at radius 2 is 2.07 bits per heavy atom. The van der Waals surface area contributed by atoms with E-state index in [0.717, 1.165) is 16.1 Å². The van der Waals surface area contributed by atoms with E-state index in [-0.39, 0.29) is 29.9 Å². The predicted octanol–water partition coefficient (Wildman–Crippen LogP) is 3.47. The van der Waals surface area contributed by atoms with Crippen LogP contribution in [0.5, 0.6) is 0 Å². The Kier molecular flexibility index (Phi) is 8.64. The molecule has 2 heterocycles. The van der Waals surface area contributed by atoms with Gasteiger partial charge in [-0.15, -0.1) is 35.3 Å². The van der Waals surface area contributed by atoms with Crippen molar-refractivity contribution >= 4 is 51.4 Å². The fourth-order valence-electron chi connectivity index (χ4n) is 2.57. The zero-order chi connectivity index (χ0) is 19.2. The van der Waals surface area contributed by atoms with Gasteiger partial charge in [-0.1, -0.05) is 37.2 Å². The molecular weight excluding hydrogens is 489 g/mol. The molecule has 1 aromatic carbocycles. The van der Waals surface area contributed by atoms with Crippen LogP contribution in [-0.4, -0.2) is 41.3 Å². The molecule has 0 bridgehead atoms. The summed E-state index contributed by atoms with van der Waals surface area (Å²) in [5, 5.41) is 21.9. The van der Waals surface area contributed by atoms with Crippen LogP contribution < -0.4 is 10.6 Å². The second-order valence-corrected chi connectivity index (χ2v) is 7.65. The number of nitrogens with zero attached hydrogens (tertiary/aromatic N) is 3. The van der Waals surface area contributed by atoms with Gasteiger partial charge in [-0.25, -0.2) is 0 Å². The molecule has 7 nitrogen and oxygen atoms in total. The van der Waals surface area contributed by atoms with E-state index >= 15 is 0 Å². The second kappa shape index (κ2) is 10.7. The number of aliphatic hydroxyl groups excluding tert-OH is 1. The van der Waals surface area contributed by atoms with Crippen molar-refractivity contribution in [1.82, 2.24) is 20.8 Å². The van der Waals surface area contributed by atoms with Gasteiger partial charge in [-0.2, -0.15) is 4.98 Å². The van der Waals surface area contributed by atoms with Crippen molar-refractivity contribution in [3.63, 3.8) is 0 Å². The third-order valence-electron chi connectivity index (χ3n) is 4.09. The van der Waals surface area contributed by atoms with Gasteiger partial charge in [-0.05, 0) is 17.5 Å². The largest absolute Gasteiger partial charge is 0.386 e. The molecule has 3 aromatic rings. The number of guanidine groups is 1. The van der Waals surface area contributed by atoms with Crippen LogP contribution in [0.25, 0.3) is 10.1 Å². The number of nitrogens with one attached hydrogen (secondary N) is 2. The number of aliphatic imine (C=N–C) groups is 1. The molecule has 0 aliphatic carbocycles. The first kappa shape index (κ1) is 22.6. The molecule has 0 spiro atoms. The van der Waals surface area contributed by atoms with E-state index in [1.54, 1.807) is 18.4 Å². The first-order valence-corrected chi connectivity index (χ1v) is 9.82. The van der Waals surface area contributed by atoms with Gasteiger partial charge in [0, 0.05) is 42.1 Å². The van der Waals surface area contributed by atoms with E-state index in [1.165, 1.54) is 4.70 Å². The Morgan fingerprint density at radius 3 is 2.75 bits per heavy atom. The first-order chi connectivity index (χ1) is 13.1. The van der Waals surface area contributed by atoms with Crippen LogP contribution in [0.2, 0.25) is 0 Å². The van der Waals surface area contributed by atoms with Crippen molar-refractivity contribution in [2.45, 2.75) is 32.3 Å². The number of hydrogen-bond acceptors (Lipinski definition) is 6. The van der Waals surface area contributed by atoms with Crippen LogP contribution >= 0.6 is 35.3 Å². The van der Waals surface area contributed by atoms with Gasteiger partial charge in [0.05, 0.1) is 0 Å². The SMILES string of the molecule is CN=C(NCCc1nc(C(C)C)no1)NCC(O)c1cc2ccccc2s1.I. The van der Waals surface area contributed by atoms with Gasteiger partial charge in [0.15, 0.2) is 11.8 Å². The summed E-state index contributed by atoms with van der Waals surface area (Å²) >= 11 is 1.61. The molecule has 0 aliphatic heterocycles. The topological polar surface area (TPSA) is 95.6 Å². The fraction of sp³-hybridized carbons (Fsp3) is 0.421. The number of aliphatic hydroxyl groups is 1. The van der Waals surface area contributed by atoms with Crippen LogP contribution in [-0.2, 0) is 6.42 Å². The maximum atomic E-state index is 10.5. The molecule has 2 aromatic heterocycles. The van der Waals surface area contributed by atoms with Crippen molar-refractivity contribution in [2.24, 2.45) is 4.99 Å². The lowest BCUT2D eigenvalue weighted by Gasteiger charge is -2.14. The van der Waals surface area contributed by atoms with E-state index in [2.05, 4.69) is 37.9 Å². The zero-order valence-electron chi connectivity index (χ0n) is 16.2. The van der Waals surface area contributed by atoms with Gasteiger partial charge in [0.1, 0.15) is 6.10 Å². The Bertz CT molecular complexity index is 876. The van der Waals surface area contributed by atoms with Gasteiger partial charge in [0.2, 0.25) is 5.89 Å². The lowest BCUT2D eigenvalue weighted by molar-refractivity contribution is 0.184. The quantitative estimate of drug-likeness (QED) is 0.254. The summed E-state index contributed by atoms with van der Waals surface area (Å²) in [7, 11) is 1.70. The van der Waals surface area contributed by atoms with Gasteiger partial charge >= 0.3 is 0 Å². The molecule has 3 rings (SSSR count). The minimum Gasteiger partial charge on any atom is -0.386 e. The highest BCUT2D eigenvalue weighted by Crippen LogP contribution is 2.29. The highest BCUT2D eigenvalue weighted by Gasteiger charge is 2.13. The lowest BCUT2D eigenvalue weighted by Crippen LogP contribution is -2.40. The van der Waals surface area contributed by atoms with Crippen molar-refractivity contribution in [2.75, 3.05) is 20.1 Å². The van der Waals surface area contributed by atoms with Gasteiger partial charge in [0.25, 0.3) is 0 Å². The standard InChI is InChI=1S/C19H25N5O2S.HI/c1-12(2)18-23-17(26-24-18)8-9-21-19(20-3)22-11-14(25)16-10-13-6-4-5-7-15(13)27-16;/h4-7,10,12,14,25H,8-9,11H2,1-3H3,(H2,20,21,22);1H. The minimum atomic E-state index is -0.592. The Hall–Kier alpha value is -1.72. The number of hydrogen-bond donors (Lipinski definition) is 3. The molecular formula is C19H26IN5O2S. The Morgan fingerprint density at radius 1 is 1.29 bits per heavy atom. The number of thiophene rings is 1. The third kappa shape index (κ3) is 5.89. The zero-order valence-corrected chi connectivity index (χ0v) is 19.3. The van der Waals surface area contributed by atoms with Crippen molar-refractivity contribution in [1.29, 1.82) is 0 Å². The molecule has 152 valence electrons. The maximum absolute atomic E-state index is 10.5. The van der Waals surface area contributed by atoms with Crippen molar-refractivity contribution in [3.8, 4) is 0 Å². The van der Waals surface area contributed by atoms with Crippen LogP contribution in [0.1, 0.15) is 42.5 Å². The fourth-order valence-corrected chi connectivity index (χ4v) is 3.62. The molecule has 9 heteroatoms. The third-order valence-corrected chi connectivity index (χ3v) is 5.31. The molecule has 0 saturated carbocycles. The summed E-state index contributed by atoms with van der Waals surface area (Å²) in [4.78, 5) is 9.47. The average molecular weight is 515 g/mol. The summed E-state index contributed by atoms with van der Waals surface area (Å²) in [5.74, 6) is 2.20. The molecule has 0 amide bonds. The normalized spacial score (nSPS) is 12.8. The smallest absolute Gasteiger partial charge is 0.228 e. The highest BCUT2D eigenvalue weighted by atomic mass is 127. The van der Waals surface area contributed by atoms with Crippen LogP contribution in [0.15, 0.2) is 39.8 Å². The van der Waals surface area contributed by atoms with Gasteiger partial charge in [-0.3, -0.25) is 4.99 Å². The monoisotopic (exact) mass is 515 g/mol.